The Bertz CT molecular complexity index is 266. The largest absolute Gasteiger partial charge is 0.381 e. The average Bonchev–Trinajstić information content (AvgIpc) is 2.72. The lowest BCUT2D eigenvalue weighted by Crippen LogP contribution is -2.37. The zero-order valence-corrected chi connectivity index (χ0v) is 10.5. The van der Waals surface area contributed by atoms with Crippen LogP contribution in [0.1, 0.15) is 19.8 Å². The fraction of sp³-hybridized carbons (Fsp3) is 0.917. The Morgan fingerprint density at radius 2 is 2.24 bits per heavy atom. The van der Waals surface area contributed by atoms with Gasteiger partial charge in [0.2, 0.25) is 0 Å². The lowest BCUT2D eigenvalue weighted by molar-refractivity contribution is 0.0565. The number of carbonyl (C=O) groups excluding carboxylic acids is 1. The smallest absolute Gasteiger partial charge is 0.317 e. The minimum absolute atomic E-state index is 0.0711. The third kappa shape index (κ3) is 3.10. The van der Waals surface area contributed by atoms with E-state index >= 15 is 0 Å². The molecule has 2 rings (SSSR count). The molecule has 0 bridgehead atoms. The van der Waals surface area contributed by atoms with Crippen molar-refractivity contribution in [3.8, 4) is 0 Å². The summed E-state index contributed by atoms with van der Waals surface area (Å²) < 4.78 is 5.35. The summed E-state index contributed by atoms with van der Waals surface area (Å²) in [6.45, 7) is 5.96. The molecule has 0 aromatic rings. The molecule has 5 nitrogen and oxygen atoms in total. The zero-order valence-electron chi connectivity index (χ0n) is 10.5. The predicted octanol–water partition coefficient (Wildman–Crippen LogP) is 0.402. The van der Waals surface area contributed by atoms with E-state index in [9.17, 15) is 4.79 Å². The quantitative estimate of drug-likeness (QED) is 0.748. The van der Waals surface area contributed by atoms with Crippen LogP contribution in [-0.2, 0) is 4.74 Å². The van der Waals surface area contributed by atoms with E-state index in [2.05, 4.69) is 12.2 Å². The molecule has 2 saturated heterocycles. The number of nitrogens with one attached hydrogen (secondary N) is 1. The van der Waals surface area contributed by atoms with E-state index in [0.717, 1.165) is 39.1 Å². The number of ether oxygens (including phenoxy) is 1. The minimum atomic E-state index is 0.0711. The third-order valence-corrected chi connectivity index (χ3v) is 3.78. The van der Waals surface area contributed by atoms with Crippen molar-refractivity contribution >= 4 is 6.03 Å². The molecular formula is C12H23N3O2. The van der Waals surface area contributed by atoms with Crippen LogP contribution in [-0.4, -0.2) is 49.8 Å². The number of urea groups is 1. The molecule has 2 heterocycles. The molecule has 2 aliphatic rings. The van der Waals surface area contributed by atoms with Crippen molar-refractivity contribution in [2.24, 2.45) is 17.6 Å². The van der Waals surface area contributed by atoms with E-state index in [1.54, 1.807) is 0 Å². The van der Waals surface area contributed by atoms with Crippen LogP contribution in [0.15, 0.2) is 0 Å². The molecule has 2 unspecified atom stereocenters. The molecule has 0 aromatic carbocycles. The molecule has 2 atom stereocenters. The Kier molecular flexibility index (Phi) is 4.23. The van der Waals surface area contributed by atoms with Crippen LogP contribution in [0.5, 0.6) is 0 Å². The van der Waals surface area contributed by atoms with Gasteiger partial charge >= 0.3 is 6.03 Å². The molecule has 2 fully saturated rings. The fourth-order valence-corrected chi connectivity index (χ4v) is 2.61. The molecule has 0 saturated carbocycles. The highest BCUT2D eigenvalue weighted by Gasteiger charge is 2.34. The maximum absolute atomic E-state index is 11.8. The van der Waals surface area contributed by atoms with Gasteiger partial charge in [0.05, 0.1) is 6.04 Å². The Morgan fingerprint density at radius 3 is 2.88 bits per heavy atom. The highest BCUT2D eigenvalue weighted by Crippen LogP contribution is 2.22. The van der Waals surface area contributed by atoms with E-state index in [0.29, 0.717) is 24.4 Å². The molecule has 17 heavy (non-hydrogen) atoms. The molecule has 0 spiro atoms. The summed E-state index contributed by atoms with van der Waals surface area (Å²) in [7, 11) is 0. The number of hydrogen-bond acceptors (Lipinski definition) is 3. The molecule has 2 aliphatic heterocycles. The standard InChI is InChI=1S/C12H23N3O2/c1-9(6-13)7-15-8-11(14-12(15)16)10-2-4-17-5-3-10/h9-11H,2-8,13H2,1H3,(H,14,16). The van der Waals surface area contributed by atoms with E-state index < -0.39 is 0 Å². The molecule has 0 aliphatic carbocycles. The van der Waals surface area contributed by atoms with Crippen molar-refractivity contribution in [1.82, 2.24) is 10.2 Å². The molecule has 0 radical (unpaired) electrons. The van der Waals surface area contributed by atoms with Crippen molar-refractivity contribution < 1.29 is 9.53 Å². The Labute approximate surface area is 103 Å². The van der Waals surface area contributed by atoms with Gasteiger partial charge < -0.3 is 20.7 Å². The summed E-state index contributed by atoms with van der Waals surface area (Å²) in [5, 5.41) is 3.09. The van der Waals surface area contributed by atoms with Crippen LogP contribution in [0, 0.1) is 11.8 Å². The predicted molar refractivity (Wildman–Crippen MR) is 65.7 cm³/mol. The first-order valence-corrected chi connectivity index (χ1v) is 6.54. The van der Waals surface area contributed by atoms with Gasteiger partial charge in [-0.1, -0.05) is 6.92 Å². The van der Waals surface area contributed by atoms with Gasteiger partial charge in [-0.25, -0.2) is 4.79 Å². The lowest BCUT2D eigenvalue weighted by Gasteiger charge is -2.27. The third-order valence-electron chi connectivity index (χ3n) is 3.78. The van der Waals surface area contributed by atoms with Gasteiger partial charge in [0, 0.05) is 26.3 Å². The average molecular weight is 241 g/mol. The van der Waals surface area contributed by atoms with Gasteiger partial charge in [-0.3, -0.25) is 0 Å². The second-order valence-electron chi connectivity index (χ2n) is 5.25. The Balaban J connectivity index is 1.85. The number of carbonyl (C=O) groups is 1. The highest BCUT2D eigenvalue weighted by atomic mass is 16.5. The van der Waals surface area contributed by atoms with Gasteiger partial charge in [0.25, 0.3) is 0 Å². The van der Waals surface area contributed by atoms with Crippen LogP contribution < -0.4 is 11.1 Å². The van der Waals surface area contributed by atoms with Gasteiger partial charge in [-0.2, -0.15) is 0 Å². The minimum Gasteiger partial charge on any atom is -0.381 e. The van der Waals surface area contributed by atoms with Crippen LogP contribution in [0.25, 0.3) is 0 Å². The van der Waals surface area contributed by atoms with Gasteiger partial charge in [-0.05, 0) is 31.2 Å². The summed E-state index contributed by atoms with van der Waals surface area (Å²) in [4.78, 5) is 13.7. The monoisotopic (exact) mass is 241 g/mol. The molecular weight excluding hydrogens is 218 g/mol. The first kappa shape index (κ1) is 12.6. The SMILES string of the molecule is CC(CN)CN1CC(C2CCOCC2)NC1=O. The van der Waals surface area contributed by atoms with Crippen LogP contribution in [0.2, 0.25) is 0 Å². The van der Waals surface area contributed by atoms with Crippen LogP contribution >= 0.6 is 0 Å². The van der Waals surface area contributed by atoms with Crippen molar-refractivity contribution in [2.75, 3.05) is 32.8 Å². The van der Waals surface area contributed by atoms with E-state index in [4.69, 9.17) is 10.5 Å². The molecule has 98 valence electrons. The molecule has 0 aromatic heterocycles. The van der Waals surface area contributed by atoms with Crippen LogP contribution in [0.3, 0.4) is 0 Å². The second kappa shape index (κ2) is 5.69. The summed E-state index contributed by atoms with van der Waals surface area (Å²) in [5.74, 6) is 0.945. The Hall–Kier alpha value is -0.810. The van der Waals surface area contributed by atoms with Gasteiger partial charge in [0.1, 0.15) is 0 Å². The lowest BCUT2D eigenvalue weighted by atomic mass is 9.92. The number of amides is 2. The molecule has 5 heteroatoms. The summed E-state index contributed by atoms with van der Waals surface area (Å²) >= 11 is 0. The van der Waals surface area contributed by atoms with Gasteiger partial charge in [0.15, 0.2) is 0 Å². The summed E-state index contributed by atoms with van der Waals surface area (Å²) in [6, 6.07) is 0.373. The molecule has 2 amide bonds. The number of nitrogens with zero attached hydrogens (tertiary/aromatic N) is 1. The maximum atomic E-state index is 11.8. The zero-order chi connectivity index (χ0) is 12.3. The highest BCUT2D eigenvalue weighted by molar-refractivity contribution is 5.76. The second-order valence-corrected chi connectivity index (χ2v) is 5.25. The molecule has 3 N–H and O–H groups in total. The summed E-state index contributed by atoms with van der Waals surface area (Å²) in [6.07, 6.45) is 2.12. The topological polar surface area (TPSA) is 67.6 Å². The first-order chi connectivity index (χ1) is 8.20. The van der Waals surface area contributed by atoms with Crippen molar-refractivity contribution in [3.63, 3.8) is 0 Å². The first-order valence-electron chi connectivity index (χ1n) is 6.54. The van der Waals surface area contributed by atoms with E-state index in [1.807, 2.05) is 4.90 Å². The van der Waals surface area contributed by atoms with Gasteiger partial charge in [-0.15, -0.1) is 0 Å². The van der Waals surface area contributed by atoms with E-state index in [1.165, 1.54) is 0 Å². The summed E-state index contributed by atoms with van der Waals surface area (Å²) in [5.41, 5.74) is 5.60. The fourth-order valence-electron chi connectivity index (χ4n) is 2.61. The normalized spacial score (nSPS) is 28.2. The van der Waals surface area contributed by atoms with Crippen LogP contribution in [0.4, 0.5) is 4.79 Å². The van der Waals surface area contributed by atoms with E-state index in [-0.39, 0.29) is 6.03 Å². The Morgan fingerprint density at radius 1 is 1.53 bits per heavy atom. The number of nitrogens with two attached hydrogens (primary N) is 1. The maximum Gasteiger partial charge on any atom is 0.317 e. The van der Waals surface area contributed by atoms with Crippen molar-refractivity contribution in [2.45, 2.75) is 25.8 Å². The number of hydrogen-bond donors (Lipinski definition) is 2. The van der Waals surface area contributed by atoms with Crippen molar-refractivity contribution in [1.29, 1.82) is 0 Å². The number of rotatable bonds is 4. The van der Waals surface area contributed by atoms with Crippen molar-refractivity contribution in [3.05, 3.63) is 0 Å².